The van der Waals surface area contributed by atoms with Crippen LogP contribution in [0.4, 0.5) is 5.69 Å². The lowest BCUT2D eigenvalue weighted by molar-refractivity contribution is 0.275. The molecule has 0 saturated heterocycles. The summed E-state index contributed by atoms with van der Waals surface area (Å²) in [7, 11) is 1.98. The zero-order valence-electron chi connectivity index (χ0n) is 10.6. The Morgan fingerprint density at radius 3 is 1.94 bits per heavy atom. The highest BCUT2D eigenvalue weighted by Gasteiger charge is 2.15. The number of aliphatic hydroxyl groups excluding tert-OH is 2. The summed E-state index contributed by atoms with van der Waals surface area (Å²) in [4.78, 5) is 2.07. The first kappa shape index (κ1) is 14.4. The predicted molar refractivity (Wildman–Crippen MR) is 74.6 cm³/mol. The molecule has 0 amide bonds. The van der Waals surface area contributed by atoms with E-state index in [9.17, 15) is 10.2 Å². The van der Waals surface area contributed by atoms with Crippen molar-refractivity contribution >= 4 is 18.3 Å². The van der Waals surface area contributed by atoms with Gasteiger partial charge in [-0.05, 0) is 37.1 Å². The molecule has 0 fully saturated rings. The minimum atomic E-state index is -0.0939. The maximum absolute atomic E-state index is 9.18. The second-order valence-electron chi connectivity index (χ2n) is 4.99. The molecule has 2 N–H and O–H groups in total. The Kier molecular flexibility index (Phi) is 4.86. The molecule has 0 aliphatic rings. The molecule has 0 heterocycles. The third kappa shape index (κ3) is 4.58. The number of hydrogen-bond acceptors (Lipinski definition) is 4. The van der Waals surface area contributed by atoms with Crippen molar-refractivity contribution in [2.45, 2.75) is 31.8 Å². The van der Waals surface area contributed by atoms with E-state index in [4.69, 9.17) is 0 Å². The number of thiol groups is 1. The monoisotopic (exact) mass is 255 g/mol. The molecule has 0 aliphatic heterocycles. The van der Waals surface area contributed by atoms with Crippen molar-refractivity contribution in [1.29, 1.82) is 0 Å². The molecule has 4 heteroatoms. The van der Waals surface area contributed by atoms with E-state index < -0.39 is 0 Å². The van der Waals surface area contributed by atoms with Gasteiger partial charge in [0.05, 0.1) is 13.2 Å². The zero-order valence-corrected chi connectivity index (χ0v) is 11.5. The summed E-state index contributed by atoms with van der Waals surface area (Å²) < 4.78 is -0.0939. The van der Waals surface area contributed by atoms with Crippen molar-refractivity contribution < 1.29 is 10.2 Å². The summed E-state index contributed by atoms with van der Waals surface area (Å²) in [5.41, 5.74) is 2.62. The van der Waals surface area contributed by atoms with Crippen molar-refractivity contribution in [3.8, 4) is 0 Å². The van der Waals surface area contributed by atoms with Crippen molar-refractivity contribution in [3.63, 3.8) is 0 Å². The first-order chi connectivity index (χ1) is 7.85. The Morgan fingerprint density at radius 2 is 1.59 bits per heavy atom. The number of hydrogen-bond donors (Lipinski definition) is 3. The summed E-state index contributed by atoms with van der Waals surface area (Å²) in [6, 6.07) is 5.67. The zero-order chi connectivity index (χ0) is 13.1. The molecular formula is C13H21NO2S. The van der Waals surface area contributed by atoms with Crippen LogP contribution in [0.25, 0.3) is 0 Å². The van der Waals surface area contributed by atoms with Crippen LogP contribution in [0, 0.1) is 0 Å². The first-order valence-electron chi connectivity index (χ1n) is 5.64. The number of nitrogens with zero attached hydrogens (tertiary/aromatic N) is 1. The van der Waals surface area contributed by atoms with Gasteiger partial charge in [0.15, 0.2) is 0 Å². The fraction of sp³-hybridized carbons (Fsp3) is 0.538. The lowest BCUT2D eigenvalue weighted by Crippen LogP contribution is -2.32. The van der Waals surface area contributed by atoms with Gasteiger partial charge in [0, 0.05) is 24.0 Å². The quantitative estimate of drug-likeness (QED) is 0.703. The van der Waals surface area contributed by atoms with Gasteiger partial charge in [0.25, 0.3) is 0 Å². The second-order valence-corrected chi connectivity index (χ2v) is 6.20. The molecule has 0 unspecified atom stereocenters. The van der Waals surface area contributed by atoms with E-state index in [0.717, 1.165) is 23.4 Å². The fourth-order valence-corrected chi connectivity index (χ4v) is 2.03. The molecule has 0 aliphatic carbocycles. The van der Waals surface area contributed by atoms with Gasteiger partial charge in [-0.25, -0.2) is 0 Å². The second kappa shape index (κ2) is 5.76. The van der Waals surface area contributed by atoms with Crippen LogP contribution in [0.1, 0.15) is 25.0 Å². The highest BCUT2D eigenvalue weighted by atomic mass is 32.1. The lowest BCUT2D eigenvalue weighted by atomic mass is 10.1. The van der Waals surface area contributed by atoms with Crippen molar-refractivity contribution in [2.75, 3.05) is 18.5 Å². The van der Waals surface area contributed by atoms with E-state index in [-0.39, 0.29) is 18.0 Å². The maximum Gasteiger partial charge on any atom is 0.0682 e. The number of anilines is 1. The minimum absolute atomic E-state index is 0.0149. The van der Waals surface area contributed by atoms with Crippen molar-refractivity contribution in [3.05, 3.63) is 29.3 Å². The molecule has 0 radical (unpaired) electrons. The summed E-state index contributed by atoms with van der Waals surface area (Å²) in [5.74, 6) is 0. The van der Waals surface area contributed by atoms with Crippen LogP contribution in [-0.2, 0) is 13.2 Å². The number of benzene rings is 1. The fourth-order valence-electron chi connectivity index (χ4n) is 1.82. The topological polar surface area (TPSA) is 43.7 Å². The van der Waals surface area contributed by atoms with E-state index in [0.29, 0.717) is 0 Å². The molecule has 3 nitrogen and oxygen atoms in total. The Bertz CT molecular complexity index is 352. The van der Waals surface area contributed by atoms with Crippen LogP contribution in [-0.4, -0.2) is 28.6 Å². The lowest BCUT2D eigenvalue weighted by Gasteiger charge is -2.28. The minimum Gasteiger partial charge on any atom is -0.392 e. The molecule has 96 valence electrons. The van der Waals surface area contributed by atoms with Gasteiger partial charge in [-0.15, -0.1) is 0 Å². The average Bonchev–Trinajstić information content (AvgIpc) is 2.26. The molecule has 0 bridgehead atoms. The first-order valence-corrected chi connectivity index (χ1v) is 6.08. The van der Waals surface area contributed by atoms with E-state index in [1.807, 2.05) is 25.2 Å². The highest BCUT2D eigenvalue weighted by molar-refractivity contribution is 7.81. The Balaban J connectivity index is 2.96. The van der Waals surface area contributed by atoms with Crippen molar-refractivity contribution in [1.82, 2.24) is 0 Å². The molecule has 1 rings (SSSR count). The van der Waals surface area contributed by atoms with Crippen LogP contribution in [0.2, 0.25) is 0 Å². The molecule has 0 aromatic heterocycles. The van der Waals surface area contributed by atoms with Gasteiger partial charge in [0.1, 0.15) is 0 Å². The third-order valence-electron chi connectivity index (χ3n) is 2.47. The largest absolute Gasteiger partial charge is 0.392 e. The van der Waals surface area contributed by atoms with Gasteiger partial charge in [-0.1, -0.05) is 6.07 Å². The molecule has 0 saturated carbocycles. The molecular weight excluding hydrogens is 234 g/mol. The van der Waals surface area contributed by atoms with Crippen LogP contribution < -0.4 is 4.90 Å². The Labute approximate surface area is 108 Å². The molecule has 1 aromatic rings. The SMILES string of the molecule is CN(CC(C)(C)S)c1cc(CO)cc(CO)c1. The van der Waals surface area contributed by atoms with Crippen LogP contribution in [0.3, 0.4) is 0 Å². The molecule has 17 heavy (non-hydrogen) atoms. The van der Waals surface area contributed by atoms with Crippen LogP contribution in [0.5, 0.6) is 0 Å². The van der Waals surface area contributed by atoms with Gasteiger partial charge < -0.3 is 15.1 Å². The normalized spacial score (nSPS) is 11.6. The smallest absolute Gasteiger partial charge is 0.0682 e. The summed E-state index contributed by atoms with van der Waals surface area (Å²) in [6.45, 7) is 4.86. The average molecular weight is 255 g/mol. The van der Waals surface area contributed by atoms with Crippen molar-refractivity contribution in [2.24, 2.45) is 0 Å². The predicted octanol–water partition coefficient (Wildman–Crippen LogP) is 1.82. The van der Waals surface area contributed by atoms with Gasteiger partial charge >= 0.3 is 0 Å². The molecule has 1 aromatic carbocycles. The van der Waals surface area contributed by atoms with E-state index in [1.165, 1.54) is 0 Å². The van der Waals surface area contributed by atoms with Gasteiger partial charge in [0.2, 0.25) is 0 Å². The standard InChI is InChI=1S/C13H21NO2S/c1-13(2,17)9-14(3)12-5-10(7-15)4-11(6-12)8-16/h4-6,15-17H,7-9H2,1-3H3. The van der Waals surface area contributed by atoms with Gasteiger partial charge in [-0.3, -0.25) is 0 Å². The molecule has 0 spiro atoms. The summed E-state index contributed by atoms with van der Waals surface area (Å²) >= 11 is 4.50. The Morgan fingerprint density at radius 1 is 1.12 bits per heavy atom. The maximum atomic E-state index is 9.18. The van der Waals surface area contributed by atoms with E-state index >= 15 is 0 Å². The van der Waals surface area contributed by atoms with E-state index in [1.54, 1.807) is 0 Å². The summed E-state index contributed by atoms with van der Waals surface area (Å²) in [6.07, 6.45) is 0. The van der Waals surface area contributed by atoms with E-state index in [2.05, 4.69) is 31.4 Å². The summed E-state index contributed by atoms with van der Waals surface area (Å²) in [5, 5.41) is 18.4. The molecule has 0 atom stereocenters. The van der Waals surface area contributed by atoms with Gasteiger partial charge in [-0.2, -0.15) is 12.6 Å². The van der Waals surface area contributed by atoms with Crippen LogP contribution >= 0.6 is 12.6 Å². The highest BCUT2D eigenvalue weighted by Crippen LogP contribution is 2.22. The van der Waals surface area contributed by atoms with Crippen LogP contribution in [0.15, 0.2) is 18.2 Å². The number of rotatable bonds is 5. The Hall–Kier alpha value is -0.710. The third-order valence-corrected chi connectivity index (χ3v) is 2.61. The number of aliphatic hydroxyl groups is 2.